The van der Waals surface area contributed by atoms with Gasteiger partial charge in [0.25, 0.3) is 0 Å². The predicted molar refractivity (Wildman–Crippen MR) is 49.4 cm³/mol. The molecular formula is C10H11ClO. The van der Waals surface area contributed by atoms with Crippen molar-refractivity contribution in [2.75, 3.05) is 5.88 Å². The topological polar surface area (TPSA) is 12.5 Å². The van der Waals surface area contributed by atoms with Gasteiger partial charge < -0.3 is 4.74 Å². The van der Waals surface area contributed by atoms with Gasteiger partial charge in [-0.05, 0) is 12.5 Å². The van der Waals surface area contributed by atoms with Gasteiger partial charge in [0.2, 0.25) is 0 Å². The molecule has 1 nitrogen and oxygen atoms in total. The van der Waals surface area contributed by atoms with Crippen molar-refractivity contribution in [3.8, 4) is 0 Å². The third-order valence-electron chi connectivity index (χ3n) is 2.45. The van der Waals surface area contributed by atoms with Crippen LogP contribution in [0, 0.1) is 0 Å². The molecule has 12 heavy (non-hydrogen) atoms. The minimum Gasteiger partial charge on any atom is -0.360 e. The standard InChI is InChI=1S/C10H11ClO/c1-8-10(7-11,12-8)9-5-3-2-4-6-9/h2-6,8H,7H2,1H3/t8-,10-/m1/s1. The first-order valence-electron chi connectivity index (χ1n) is 4.09. The highest BCUT2D eigenvalue weighted by Crippen LogP contribution is 2.46. The maximum Gasteiger partial charge on any atom is 0.133 e. The average molecular weight is 183 g/mol. The van der Waals surface area contributed by atoms with E-state index < -0.39 is 0 Å². The van der Waals surface area contributed by atoms with Gasteiger partial charge >= 0.3 is 0 Å². The Labute approximate surface area is 77.3 Å². The summed E-state index contributed by atoms with van der Waals surface area (Å²) < 4.78 is 5.51. The van der Waals surface area contributed by atoms with Gasteiger partial charge in [0.1, 0.15) is 5.60 Å². The summed E-state index contributed by atoms with van der Waals surface area (Å²) in [6.07, 6.45) is 0.261. The van der Waals surface area contributed by atoms with E-state index in [0.717, 1.165) is 0 Å². The molecule has 1 fully saturated rings. The summed E-state index contributed by atoms with van der Waals surface area (Å²) in [6.45, 7) is 2.05. The SMILES string of the molecule is C[C@H]1O[C@@]1(CCl)c1ccccc1. The van der Waals surface area contributed by atoms with Crippen LogP contribution in [0.15, 0.2) is 30.3 Å². The van der Waals surface area contributed by atoms with Crippen LogP contribution in [0.5, 0.6) is 0 Å². The summed E-state index contributed by atoms with van der Waals surface area (Å²) in [7, 11) is 0. The molecule has 1 heterocycles. The number of alkyl halides is 1. The number of epoxide rings is 1. The molecule has 0 amide bonds. The number of rotatable bonds is 2. The van der Waals surface area contributed by atoms with E-state index in [0.29, 0.717) is 5.88 Å². The maximum absolute atomic E-state index is 5.86. The Morgan fingerprint density at radius 2 is 2.00 bits per heavy atom. The zero-order chi connectivity index (χ0) is 8.60. The highest BCUT2D eigenvalue weighted by molar-refractivity contribution is 6.18. The van der Waals surface area contributed by atoms with Crippen LogP contribution in [-0.2, 0) is 10.3 Å². The van der Waals surface area contributed by atoms with Crippen LogP contribution in [-0.4, -0.2) is 12.0 Å². The molecule has 2 heteroatoms. The molecule has 1 aliphatic rings. The Morgan fingerprint density at radius 3 is 2.42 bits per heavy atom. The minimum absolute atomic E-state index is 0.192. The predicted octanol–water partition coefficient (Wildman–Crippen LogP) is 2.54. The Hall–Kier alpha value is -0.530. The number of benzene rings is 1. The summed E-state index contributed by atoms with van der Waals surface area (Å²) in [6, 6.07) is 10.1. The van der Waals surface area contributed by atoms with Crippen molar-refractivity contribution in [2.24, 2.45) is 0 Å². The lowest BCUT2D eigenvalue weighted by Gasteiger charge is -2.07. The van der Waals surface area contributed by atoms with Gasteiger partial charge in [-0.15, -0.1) is 11.6 Å². The van der Waals surface area contributed by atoms with E-state index in [1.807, 2.05) is 18.2 Å². The first-order valence-corrected chi connectivity index (χ1v) is 4.62. The van der Waals surface area contributed by atoms with E-state index in [9.17, 15) is 0 Å². The van der Waals surface area contributed by atoms with Gasteiger partial charge in [0.05, 0.1) is 12.0 Å². The number of ether oxygens (including phenoxy) is 1. The van der Waals surface area contributed by atoms with Gasteiger partial charge in [0.15, 0.2) is 0 Å². The third-order valence-corrected chi connectivity index (χ3v) is 2.84. The number of hydrogen-bond acceptors (Lipinski definition) is 1. The van der Waals surface area contributed by atoms with Gasteiger partial charge in [-0.25, -0.2) is 0 Å². The third kappa shape index (κ3) is 1.05. The Kier molecular flexibility index (Phi) is 1.85. The molecule has 2 atom stereocenters. The molecule has 0 unspecified atom stereocenters. The quantitative estimate of drug-likeness (QED) is 0.506. The molecule has 1 aliphatic heterocycles. The summed E-state index contributed by atoms with van der Waals surface area (Å²) in [5.74, 6) is 0.540. The van der Waals surface area contributed by atoms with Crippen LogP contribution in [0.2, 0.25) is 0 Å². The summed E-state index contributed by atoms with van der Waals surface area (Å²) in [5, 5.41) is 0. The van der Waals surface area contributed by atoms with Crippen LogP contribution in [0.3, 0.4) is 0 Å². The normalized spacial score (nSPS) is 33.3. The van der Waals surface area contributed by atoms with Crippen molar-refractivity contribution >= 4 is 11.6 Å². The highest BCUT2D eigenvalue weighted by atomic mass is 35.5. The lowest BCUT2D eigenvalue weighted by atomic mass is 9.98. The van der Waals surface area contributed by atoms with E-state index in [1.54, 1.807) is 0 Å². The number of hydrogen-bond donors (Lipinski definition) is 0. The smallest absolute Gasteiger partial charge is 0.133 e. The fraction of sp³-hybridized carbons (Fsp3) is 0.400. The maximum atomic E-state index is 5.86. The molecule has 2 rings (SSSR count). The van der Waals surface area contributed by atoms with Gasteiger partial charge in [-0.1, -0.05) is 30.3 Å². The summed E-state index contributed by atoms with van der Waals surface area (Å²) >= 11 is 5.86. The molecule has 1 aromatic rings. The Balaban J connectivity index is 2.31. The first-order chi connectivity index (χ1) is 5.79. The van der Waals surface area contributed by atoms with Crippen LogP contribution in [0.4, 0.5) is 0 Å². The second kappa shape index (κ2) is 2.75. The molecule has 0 saturated carbocycles. The van der Waals surface area contributed by atoms with Gasteiger partial charge in [-0.2, -0.15) is 0 Å². The lowest BCUT2D eigenvalue weighted by Crippen LogP contribution is -2.13. The van der Waals surface area contributed by atoms with Crippen molar-refractivity contribution in [3.05, 3.63) is 35.9 Å². The van der Waals surface area contributed by atoms with E-state index >= 15 is 0 Å². The summed E-state index contributed by atoms with van der Waals surface area (Å²) in [5.41, 5.74) is 0.996. The zero-order valence-electron chi connectivity index (χ0n) is 6.96. The minimum atomic E-state index is -0.192. The average Bonchev–Trinajstić information content (AvgIpc) is 2.80. The monoisotopic (exact) mass is 182 g/mol. The molecule has 1 saturated heterocycles. The highest BCUT2D eigenvalue weighted by Gasteiger charge is 2.53. The molecule has 0 N–H and O–H groups in total. The van der Waals surface area contributed by atoms with Gasteiger partial charge in [0, 0.05) is 0 Å². The fourth-order valence-electron chi connectivity index (χ4n) is 1.52. The van der Waals surface area contributed by atoms with E-state index in [2.05, 4.69) is 19.1 Å². The lowest BCUT2D eigenvalue weighted by molar-refractivity contribution is 0.319. The molecule has 1 aromatic carbocycles. The molecule has 0 bridgehead atoms. The van der Waals surface area contributed by atoms with E-state index in [-0.39, 0.29) is 11.7 Å². The van der Waals surface area contributed by atoms with Crippen molar-refractivity contribution in [1.82, 2.24) is 0 Å². The van der Waals surface area contributed by atoms with E-state index in [1.165, 1.54) is 5.56 Å². The van der Waals surface area contributed by atoms with Crippen molar-refractivity contribution in [2.45, 2.75) is 18.6 Å². The molecule has 0 radical (unpaired) electrons. The van der Waals surface area contributed by atoms with Crippen molar-refractivity contribution in [3.63, 3.8) is 0 Å². The number of halogens is 1. The second-order valence-corrected chi connectivity index (χ2v) is 3.42. The van der Waals surface area contributed by atoms with Crippen LogP contribution in [0.25, 0.3) is 0 Å². The van der Waals surface area contributed by atoms with E-state index in [4.69, 9.17) is 16.3 Å². The fourth-order valence-corrected chi connectivity index (χ4v) is 1.96. The Bertz CT molecular complexity index is 268. The Morgan fingerprint density at radius 1 is 1.42 bits per heavy atom. The van der Waals surface area contributed by atoms with Gasteiger partial charge in [-0.3, -0.25) is 0 Å². The van der Waals surface area contributed by atoms with Crippen molar-refractivity contribution < 1.29 is 4.74 Å². The largest absolute Gasteiger partial charge is 0.360 e. The molecular weight excluding hydrogens is 172 g/mol. The molecule has 64 valence electrons. The zero-order valence-corrected chi connectivity index (χ0v) is 7.71. The van der Waals surface area contributed by atoms with Crippen LogP contribution in [0.1, 0.15) is 12.5 Å². The molecule has 0 aliphatic carbocycles. The summed E-state index contributed by atoms with van der Waals surface area (Å²) in [4.78, 5) is 0. The van der Waals surface area contributed by atoms with Crippen molar-refractivity contribution in [1.29, 1.82) is 0 Å². The first kappa shape index (κ1) is 8.09. The van der Waals surface area contributed by atoms with Crippen LogP contribution >= 0.6 is 11.6 Å². The van der Waals surface area contributed by atoms with Crippen LogP contribution < -0.4 is 0 Å². The molecule has 0 spiro atoms. The second-order valence-electron chi connectivity index (χ2n) is 3.15. The molecule has 0 aromatic heterocycles.